The van der Waals surface area contributed by atoms with Gasteiger partial charge in [-0.25, -0.2) is 19.9 Å². The van der Waals surface area contributed by atoms with Gasteiger partial charge in [-0.1, -0.05) is 158 Å². The first-order chi connectivity index (χ1) is 25.3. The molecule has 0 unspecified atom stereocenters. The quantitative estimate of drug-likeness (QED) is 0.171. The normalized spacial score (nSPS) is 11.5. The van der Waals surface area contributed by atoms with Crippen LogP contribution in [0.15, 0.2) is 170 Å². The number of fused-ring (bicyclic) bond motifs is 7. The summed E-state index contributed by atoms with van der Waals surface area (Å²) in [5.74, 6) is 1.88. The molecular weight excluding hydrogens is 641 g/mol. The molecule has 238 valence electrons. The molecule has 0 aliphatic rings. The van der Waals surface area contributed by atoms with Crippen LogP contribution in [-0.4, -0.2) is 19.9 Å². The third-order valence-electron chi connectivity index (χ3n) is 9.51. The first-order valence-electron chi connectivity index (χ1n) is 17.0. The Labute approximate surface area is 298 Å². The summed E-state index contributed by atoms with van der Waals surface area (Å²) >= 11 is 1.83. The van der Waals surface area contributed by atoms with Crippen molar-refractivity contribution >= 4 is 53.2 Å². The highest BCUT2D eigenvalue weighted by atomic mass is 32.1. The van der Waals surface area contributed by atoms with Gasteiger partial charge in [-0.15, -0.1) is 11.3 Å². The number of nitrogens with zero attached hydrogens (tertiary/aromatic N) is 4. The molecule has 0 amide bonds. The van der Waals surface area contributed by atoms with E-state index in [1.807, 2.05) is 47.7 Å². The van der Waals surface area contributed by atoms with Crippen molar-refractivity contribution in [2.24, 2.45) is 0 Å². The van der Waals surface area contributed by atoms with E-state index in [2.05, 4.69) is 133 Å². The van der Waals surface area contributed by atoms with Gasteiger partial charge in [0.05, 0.1) is 11.2 Å². The van der Waals surface area contributed by atoms with E-state index < -0.39 is 0 Å². The molecular formula is C46H28N4S. The van der Waals surface area contributed by atoms with Gasteiger partial charge in [-0.05, 0) is 28.6 Å². The van der Waals surface area contributed by atoms with Crippen LogP contribution in [0.1, 0.15) is 0 Å². The Bertz CT molecular complexity index is 2900. The molecule has 0 saturated carbocycles. The van der Waals surface area contributed by atoms with Crippen molar-refractivity contribution in [3.63, 3.8) is 0 Å². The topological polar surface area (TPSA) is 51.6 Å². The Morgan fingerprint density at radius 2 is 0.902 bits per heavy atom. The van der Waals surface area contributed by atoms with Gasteiger partial charge in [-0.2, -0.15) is 0 Å². The third kappa shape index (κ3) is 5.14. The van der Waals surface area contributed by atoms with Crippen LogP contribution in [0, 0.1) is 0 Å². The largest absolute Gasteiger partial charge is 0.246 e. The van der Waals surface area contributed by atoms with Crippen LogP contribution in [0.25, 0.3) is 98.4 Å². The summed E-state index contributed by atoms with van der Waals surface area (Å²) in [4.78, 5) is 20.6. The first kappa shape index (κ1) is 29.4. The molecule has 5 heteroatoms. The summed E-state index contributed by atoms with van der Waals surface area (Å²) in [6.45, 7) is 0. The fourth-order valence-electron chi connectivity index (χ4n) is 7.00. The summed E-state index contributed by atoms with van der Waals surface area (Å²) in [5.41, 5.74) is 8.09. The number of benzene rings is 7. The molecule has 7 aromatic carbocycles. The number of hydrogen-bond acceptors (Lipinski definition) is 5. The van der Waals surface area contributed by atoms with Crippen LogP contribution in [0.5, 0.6) is 0 Å². The standard InChI is InChI=1S/C46H28N4S/c1-3-12-29(13-4-1)30-22-24-33(25-23-30)45-48-44(32-15-5-2-6-16-32)49-46(50-45)35-18-11-17-34(28-35)41-40-37-20-9-10-21-39(37)51-43(40)38-27-26-31-14-7-8-19-36(31)42(38)47-41/h1-28H. The SMILES string of the molecule is c1ccc(-c2ccc(-c3nc(-c4ccccc4)nc(-c4cccc(-c5nc6c7ccccc7ccc6c6sc7ccccc7c56)c4)n3)cc2)cc1. The van der Waals surface area contributed by atoms with E-state index in [0.717, 1.165) is 44.4 Å². The lowest BCUT2D eigenvalue weighted by Gasteiger charge is -2.12. The van der Waals surface area contributed by atoms with Crippen LogP contribution in [0.2, 0.25) is 0 Å². The van der Waals surface area contributed by atoms with E-state index in [1.54, 1.807) is 0 Å². The number of hydrogen-bond donors (Lipinski definition) is 0. The maximum Gasteiger partial charge on any atom is 0.164 e. The number of aromatic nitrogens is 4. The predicted molar refractivity (Wildman–Crippen MR) is 213 cm³/mol. The summed E-state index contributed by atoms with van der Waals surface area (Å²) in [7, 11) is 0. The summed E-state index contributed by atoms with van der Waals surface area (Å²) in [6, 6.07) is 59.0. The van der Waals surface area contributed by atoms with E-state index in [1.165, 1.54) is 36.5 Å². The van der Waals surface area contributed by atoms with Crippen LogP contribution in [-0.2, 0) is 0 Å². The highest BCUT2D eigenvalue weighted by Crippen LogP contribution is 2.44. The van der Waals surface area contributed by atoms with Crippen molar-refractivity contribution in [1.82, 2.24) is 19.9 Å². The molecule has 0 radical (unpaired) electrons. The molecule has 0 bridgehead atoms. The molecule has 10 aromatic rings. The summed E-state index contributed by atoms with van der Waals surface area (Å²) < 4.78 is 2.50. The van der Waals surface area contributed by atoms with Gasteiger partial charge >= 0.3 is 0 Å². The Morgan fingerprint density at radius 1 is 0.353 bits per heavy atom. The van der Waals surface area contributed by atoms with Gasteiger partial charge in [0.1, 0.15) is 0 Å². The molecule has 0 atom stereocenters. The van der Waals surface area contributed by atoms with Crippen molar-refractivity contribution in [3.05, 3.63) is 170 Å². The molecule has 0 spiro atoms. The van der Waals surface area contributed by atoms with Crippen molar-refractivity contribution in [1.29, 1.82) is 0 Å². The molecule has 0 aliphatic heterocycles. The molecule has 0 N–H and O–H groups in total. The zero-order valence-corrected chi connectivity index (χ0v) is 28.2. The average Bonchev–Trinajstić information content (AvgIpc) is 3.61. The highest BCUT2D eigenvalue weighted by Gasteiger charge is 2.19. The predicted octanol–water partition coefficient (Wildman–Crippen LogP) is 12.3. The van der Waals surface area contributed by atoms with Gasteiger partial charge < -0.3 is 0 Å². The number of thiophene rings is 1. The molecule has 0 fully saturated rings. The van der Waals surface area contributed by atoms with Gasteiger partial charge in [0.2, 0.25) is 0 Å². The Kier molecular flexibility index (Phi) is 6.96. The maximum atomic E-state index is 5.48. The molecule has 3 aromatic heterocycles. The lowest BCUT2D eigenvalue weighted by Crippen LogP contribution is -2.00. The molecule has 51 heavy (non-hydrogen) atoms. The van der Waals surface area contributed by atoms with E-state index >= 15 is 0 Å². The monoisotopic (exact) mass is 668 g/mol. The minimum absolute atomic E-state index is 0.616. The van der Waals surface area contributed by atoms with Crippen LogP contribution in [0.3, 0.4) is 0 Å². The van der Waals surface area contributed by atoms with E-state index in [9.17, 15) is 0 Å². The average molecular weight is 669 g/mol. The van der Waals surface area contributed by atoms with Gasteiger partial charge in [0.15, 0.2) is 17.5 Å². The number of pyridine rings is 1. The Balaban J connectivity index is 1.17. The van der Waals surface area contributed by atoms with Crippen molar-refractivity contribution < 1.29 is 0 Å². The third-order valence-corrected chi connectivity index (χ3v) is 10.7. The minimum Gasteiger partial charge on any atom is -0.246 e. The summed E-state index contributed by atoms with van der Waals surface area (Å²) in [6.07, 6.45) is 0. The minimum atomic E-state index is 0.616. The van der Waals surface area contributed by atoms with E-state index in [0.29, 0.717) is 17.5 Å². The summed E-state index contributed by atoms with van der Waals surface area (Å²) in [5, 5.41) is 5.90. The zero-order valence-electron chi connectivity index (χ0n) is 27.4. The van der Waals surface area contributed by atoms with Crippen LogP contribution in [0.4, 0.5) is 0 Å². The second-order valence-corrected chi connectivity index (χ2v) is 13.7. The second-order valence-electron chi connectivity index (χ2n) is 12.6. The van der Waals surface area contributed by atoms with Crippen LogP contribution < -0.4 is 0 Å². The van der Waals surface area contributed by atoms with E-state index in [-0.39, 0.29) is 0 Å². The fraction of sp³-hybridized carbons (Fsp3) is 0. The van der Waals surface area contributed by atoms with Crippen molar-refractivity contribution in [2.75, 3.05) is 0 Å². The van der Waals surface area contributed by atoms with Crippen LogP contribution >= 0.6 is 11.3 Å². The lowest BCUT2D eigenvalue weighted by atomic mass is 9.99. The smallest absolute Gasteiger partial charge is 0.164 e. The van der Waals surface area contributed by atoms with Gasteiger partial charge in [-0.3, -0.25) is 0 Å². The fourth-order valence-corrected chi connectivity index (χ4v) is 8.23. The van der Waals surface area contributed by atoms with Gasteiger partial charge in [0, 0.05) is 53.2 Å². The highest BCUT2D eigenvalue weighted by molar-refractivity contribution is 7.26. The van der Waals surface area contributed by atoms with Crippen molar-refractivity contribution in [2.45, 2.75) is 0 Å². The molecule has 0 saturated heterocycles. The molecule has 10 rings (SSSR count). The number of rotatable bonds is 5. The molecule has 3 heterocycles. The first-order valence-corrected chi connectivity index (χ1v) is 17.8. The zero-order chi connectivity index (χ0) is 33.7. The van der Waals surface area contributed by atoms with E-state index in [4.69, 9.17) is 19.9 Å². The molecule has 4 nitrogen and oxygen atoms in total. The lowest BCUT2D eigenvalue weighted by molar-refractivity contribution is 1.07. The molecule has 0 aliphatic carbocycles. The maximum absolute atomic E-state index is 5.48. The van der Waals surface area contributed by atoms with Crippen molar-refractivity contribution in [3.8, 4) is 56.5 Å². The van der Waals surface area contributed by atoms with Gasteiger partial charge in [0.25, 0.3) is 0 Å². The Morgan fingerprint density at radius 3 is 1.67 bits per heavy atom. The Hall–Kier alpha value is -6.56. The second kappa shape index (κ2) is 12.1.